The van der Waals surface area contributed by atoms with Gasteiger partial charge in [-0.1, -0.05) is 36.0 Å². The van der Waals surface area contributed by atoms with Gasteiger partial charge < -0.3 is 9.80 Å². The Labute approximate surface area is 167 Å². The van der Waals surface area contributed by atoms with Crippen LogP contribution in [0, 0.1) is 0 Å². The molecule has 0 atom stereocenters. The summed E-state index contributed by atoms with van der Waals surface area (Å²) in [6.45, 7) is 3.31. The van der Waals surface area contributed by atoms with Crippen molar-refractivity contribution in [3.63, 3.8) is 0 Å². The lowest BCUT2D eigenvalue weighted by molar-refractivity contribution is 0.325. The van der Waals surface area contributed by atoms with Crippen molar-refractivity contribution in [1.82, 2.24) is 4.90 Å². The second-order valence-electron chi connectivity index (χ2n) is 6.24. The second-order valence-corrected chi connectivity index (χ2v) is 7.70. The summed E-state index contributed by atoms with van der Waals surface area (Å²) >= 11 is 7.63. The fourth-order valence-electron chi connectivity index (χ4n) is 3.11. The number of fused-ring (bicyclic) bond motifs is 2. The van der Waals surface area contributed by atoms with E-state index in [0.29, 0.717) is 0 Å². The van der Waals surface area contributed by atoms with Crippen LogP contribution in [0.3, 0.4) is 0 Å². The monoisotopic (exact) mass is 396 g/mol. The molecule has 2 aromatic carbocycles. The molecule has 0 unspecified atom stereocenters. The van der Waals surface area contributed by atoms with Crippen LogP contribution in [0.1, 0.15) is 19.3 Å². The maximum Gasteiger partial charge on any atom is 0.0552 e. The standard InChI is InChI=1S/C20H25ClN2S.ClH/c1-22(14-7-6-13-21)15-8-16-23-17-9-2-4-11-19(17)24-20-12-5-3-10-18(20)23;/h2-5,9-12H,6-8,13-16H2,1H3;1H. The normalized spacial score (nSPS) is 12.5. The van der Waals surface area contributed by atoms with E-state index in [9.17, 15) is 0 Å². The third-order valence-electron chi connectivity index (χ3n) is 4.38. The van der Waals surface area contributed by atoms with Crippen molar-refractivity contribution >= 4 is 47.1 Å². The Morgan fingerprint density at radius 1 is 0.880 bits per heavy atom. The van der Waals surface area contributed by atoms with E-state index in [1.807, 2.05) is 11.8 Å². The highest BCUT2D eigenvalue weighted by molar-refractivity contribution is 7.99. The number of hydrogen-bond donors (Lipinski definition) is 0. The largest absolute Gasteiger partial charge is 0.340 e. The summed E-state index contributed by atoms with van der Waals surface area (Å²) in [5.74, 6) is 0.771. The number of rotatable bonds is 8. The van der Waals surface area contributed by atoms with Crippen LogP contribution in [-0.2, 0) is 0 Å². The molecule has 3 rings (SSSR count). The van der Waals surface area contributed by atoms with E-state index in [2.05, 4.69) is 65.4 Å². The third kappa shape index (κ3) is 5.30. The highest BCUT2D eigenvalue weighted by Gasteiger charge is 2.22. The molecule has 0 amide bonds. The van der Waals surface area contributed by atoms with Crippen molar-refractivity contribution in [2.75, 3.05) is 37.5 Å². The van der Waals surface area contributed by atoms with Crippen molar-refractivity contribution in [3.05, 3.63) is 48.5 Å². The Kier molecular flexibility index (Phi) is 8.44. The number of alkyl halides is 1. The van der Waals surface area contributed by atoms with Gasteiger partial charge in [-0.2, -0.15) is 0 Å². The van der Waals surface area contributed by atoms with Gasteiger partial charge in [0.05, 0.1) is 11.4 Å². The number of para-hydroxylation sites is 2. The molecule has 0 aromatic heterocycles. The minimum atomic E-state index is 0. The first-order valence-electron chi connectivity index (χ1n) is 8.67. The lowest BCUT2D eigenvalue weighted by atomic mass is 10.2. The summed E-state index contributed by atoms with van der Waals surface area (Å²) in [4.78, 5) is 7.61. The summed E-state index contributed by atoms with van der Waals surface area (Å²) < 4.78 is 0. The van der Waals surface area contributed by atoms with Gasteiger partial charge in [0, 0.05) is 22.2 Å². The maximum absolute atomic E-state index is 5.76. The average Bonchev–Trinajstić information content (AvgIpc) is 2.61. The van der Waals surface area contributed by atoms with Crippen LogP contribution >= 0.6 is 35.8 Å². The molecule has 0 N–H and O–H groups in total. The molecule has 0 saturated heterocycles. The molecule has 0 bridgehead atoms. The SMILES string of the molecule is CN(CCCCCl)CCCN1c2ccccc2Sc2ccccc21.Cl. The molecule has 1 heterocycles. The predicted molar refractivity (Wildman–Crippen MR) is 113 cm³/mol. The van der Waals surface area contributed by atoms with E-state index in [0.717, 1.165) is 38.4 Å². The molecule has 2 aromatic rings. The van der Waals surface area contributed by atoms with Gasteiger partial charge in [0.25, 0.3) is 0 Å². The van der Waals surface area contributed by atoms with Crippen LogP contribution in [0.5, 0.6) is 0 Å². The number of halogens is 2. The zero-order valence-electron chi connectivity index (χ0n) is 14.7. The molecule has 136 valence electrons. The Hall–Kier alpha value is -0.870. The minimum Gasteiger partial charge on any atom is -0.340 e. The molecule has 5 heteroatoms. The first kappa shape index (κ1) is 20.4. The Morgan fingerprint density at radius 2 is 1.44 bits per heavy atom. The summed E-state index contributed by atoms with van der Waals surface area (Å²) in [6.07, 6.45) is 3.45. The van der Waals surface area contributed by atoms with E-state index in [-0.39, 0.29) is 12.4 Å². The Balaban J connectivity index is 0.00000225. The van der Waals surface area contributed by atoms with Gasteiger partial charge >= 0.3 is 0 Å². The number of benzene rings is 2. The quantitative estimate of drug-likeness (QED) is 0.395. The molecule has 0 spiro atoms. The molecule has 0 fully saturated rings. The van der Waals surface area contributed by atoms with E-state index in [1.54, 1.807) is 0 Å². The molecule has 0 radical (unpaired) electrons. The first-order valence-corrected chi connectivity index (χ1v) is 10.0. The maximum atomic E-state index is 5.76. The van der Waals surface area contributed by atoms with Crippen LogP contribution in [0.15, 0.2) is 58.3 Å². The van der Waals surface area contributed by atoms with E-state index in [4.69, 9.17) is 11.6 Å². The number of unbranched alkanes of at least 4 members (excludes halogenated alkanes) is 1. The van der Waals surface area contributed by atoms with Crippen molar-refractivity contribution in [2.45, 2.75) is 29.1 Å². The third-order valence-corrected chi connectivity index (χ3v) is 5.77. The minimum absolute atomic E-state index is 0. The van der Waals surface area contributed by atoms with Gasteiger partial charge in [0.2, 0.25) is 0 Å². The number of anilines is 2. The Bertz CT molecular complexity index is 620. The highest BCUT2D eigenvalue weighted by Crippen LogP contribution is 2.47. The van der Waals surface area contributed by atoms with E-state index >= 15 is 0 Å². The van der Waals surface area contributed by atoms with Crippen LogP contribution in [0.2, 0.25) is 0 Å². The van der Waals surface area contributed by atoms with Gasteiger partial charge in [0.1, 0.15) is 0 Å². The van der Waals surface area contributed by atoms with Gasteiger partial charge in [-0.15, -0.1) is 24.0 Å². The molecule has 0 saturated carbocycles. The summed E-state index contributed by atoms with van der Waals surface area (Å²) in [5.41, 5.74) is 2.68. The molecule has 1 aliphatic heterocycles. The van der Waals surface area contributed by atoms with Crippen LogP contribution in [0.4, 0.5) is 11.4 Å². The highest BCUT2D eigenvalue weighted by atomic mass is 35.5. The van der Waals surface area contributed by atoms with Crippen LogP contribution in [-0.4, -0.2) is 37.5 Å². The smallest absolute Gasteiger partial charge is 0.0552 e. The van der Waals surface area contributed by atoms with Crippen LogP contribution in [0.25, 0.3) is 0 Å². The summed E-state index contributed by atoms with van der Waals surface area (Å²) in [6, 6.07) is 17.5. The number of hydrogen-bond acceptors (Lipinski definition) is 3. The van der Waals surface area contributed by atoms with Crippen molar-refractivity contribution < 1.29 is 0 Å². The van der Waals surface area contributed by atoms with Gasteiger partial charge in [-0.3, -0.25) is 0 Å². The van der Waals surface area contributed by atoms with Crippen molar-refractivity contribution in [3.8, 4) is 0 Å². The molecule has 1 aliphatic rings. The lowest BCUT2D eigenvalue weighted by Crippen LogP contribution is -2.27. The van der Waals surface area contributed by atoms with Crippen molar-refractivity contribution in [1.29, 1.82) is 0 Å². The first-order chi connectivity index (χ1) is 11.8. The topological polar surface area (TPSA) is 6.48 Å². The fraction of sp³-hybridized carbons (Fsp3) is 0.400. The number of nitrogens with zero attached hydrogens (tertiary/aromatic N) is 2. The molecular weight excluding hydrogens is 371 g/mol. The summed E-state index contributed by atoms with van der Waals surface area (Å²) in [7, 11) is 2.21. The molecule has 2 nitrogen and oxygen atoms in total. The zero-order chi connectivity index (χ0) is 16.8. The lowest BCUT2D eigenvalue weighted by Gasteiger charge is -2.33. The van der Waals surface area contributed by atoms with E-state index < -0.39 is 0 Å². The van der Waals surface area contributed by atoms with Gasteiger partial charge in [0.15, 0.2) is 0 Å². The zero-order valence-corrected chi connectivity index (χ0v) is 17.0. The van der Waals surface area contributed by atoms with E-state index in [1.165, 1.54) is 27.6 Å². The summed E-state index contributed by atoms with van der Waals surface area (Å²) in [5, 5.41) is 0. The second kappa shape index (κ2) is 10.3. The fourth-order valence-corrected chi connectivity index (χ4v) is 4.39. The molecule has 0 aliphatic carbocycles. The van der Waals surface area contributed by atoms with Gasteiger partial charge in [-0.05, 0) is 63.7 Å². The van der Waals surface area contributed by atoms with Crippen molar-refractivity contribution in [2.24, 2.45) is 0 Å². The van der Waals surface area contributed by atoms with Crippen LogP contribution < -0.4 is 4.90 Å². The molecule has 25 heavy (non-hydrogen) atoms. The molecular formula is C20H26Cl2N2S. The Morgan fingerprint density at radius 3 is 2.04 bits per heavy atom. The van der Waals surface area contributed by atoms with Gasteiger partial charge in [-0.25, -0.2) is 0 Å². The average molecular weight is 397 g/mol. The predicted octanol–water partition coefficient (Wildman–Crippen LogP) is 6.05.